The van der Waals surface area contributed by atoms with Crippen LogP contribution in [0.3, 0.4) is 0 Å². The van der Waals surface area contributed by atoms with E-state index in [1.165, 1.54) is 0 Å². The van der Waals surface area contributed by atoms with Crippen molar-refractivity contribution in [3.63, 3.8) is 0 Å². The molecule has 0 radical (unpaired) electrons. The molecule has 0 aromatic carbocycles. The predicted molar refractivity (Wildman–Crippen MR) is 62.5 cm³/mol. The molecule has 0 amide bonds. The van der Waals surface area contributed by atoms with Crippen molar-refractivity contribution in [3.8, 4) is 0 Å². The summed E-state index contributed by atoms with van der Waals surface area (Å²) in [6, 6.07) is 0. The van der Waals surface area contributed by atoms with E-state index in [2.05, 4.69) is 39.9 Å². The number of ether oxygens (including phenoxy) is 1. The first-order valence-electron chi connectivity index (χ1n) is 5.82. The lowest BCUT2D eigenvalue weighted by Gasteiger charge is -2.16. The Balaban J connectivity index is 3.13. The topological polar surface area (TPSA) is 21.3 Å². The monoisotopic (exact) mass is 201 g/mol. The van der Waals surface area contributed by atoms with E-state index in [1.54, 1.807) is 0 Å². The summed E-state index contributed by atoms with van der Waals surface area (Å²) in [6.07, 6.45) is 0. The standard InChI is InChI=1S/C12H27NO/c1-10(2)9-14-7-6-13-8-12(5)11(3)4/h10-13H,6-9H2,1-5H3. The molecule has 1 unspecified atom stereocenters. The Labute approximate surface area is 89.4 Å². The van der Waals surface area contributed by atoms with Gasteiger partial charge in [0.2, 0.25) is 0 Å². The zero-order valence-corrected chi connectivity index (χ0v) is 10.5. The molecule has 0 aliphatic rings. The van der Waals surface area contributed by atoms with Crippen LogP contribution in [0.15, 0.2) is 0 Å². The average Bonchev–Trinajstić information content (AvgIpc) is 2.09. The molecule has 86 valence electrons. The van der Waals surface area contributed by atoms with Crippen LogP contribution in [-0.2, 0) is 4.74 Å². The van der Waals surface area contributed by atoms with Crippen molar-refractivity contribution in [1.29, 1.82) is 0 Å². The van der Waals surface area contributed by atoms with Crippen molar-refractivity contribution < 1.29 is 4.74 Å². The average molecular weight is 201 g/mol. The van der Waals surface area contributed by atoms with Gasteiger partial charge in [-0.1, -0.05) is 34.6 Å². The maximum absolute atomic E-state index is 5.47. The summed E-state index contributed by atoms with van der Waals surface area (Å²) in [5, 5.41) is 3.42. The van der Waals surface area contributed by atoms with Crippen molar-refractivity contribution in [2.75, 3.05) is 26.3 Å². The molecule has 0 fully saturated rings. The number of rotatable bonds is 8. The number of hydrogen-bond donors (Lipinski definition) is 1. The molecule has 1 atom stereocenters. The van der Waals surface area contributed by atoms with Gasteiger partial charge < -0.3 is 10.1 Å². The highest BCUT2D eigenvalue weighted by molar-refractivity contribution is 4.60. The third-order valence-electron chi connectivity index (χ3n) is 2.48. The molecule has 0 rings (SSSR count). The van der Waals surface area contributed by atoms with Crippen molar-refractivity contribution >= 4 is 0 Å². The van der Waals surface area contributed by atoms with E-state index in [1.807, 2.05) is 0 Å². The fourth-order valence-corrected chi connectivity index (χ4v) is 1.03. The number of hydrogen-bond acceptors (Lipinski definition) is 2. The predicted octanol–water partition coefficient (Wildman–Crippen LogP) is 2.54. The minimum atomic E-state index is 0.643. The van der Waals surface area contributed by atoms with E-state index >= 15 is 0 Å². The fraction of sp³-hybridized carbons (Fsp3) is 1.00. The largest absolute Gasteiger partial charge is 0.380 e. The molecular formula is C12H27NO. The minimum absolute atomic E-state index is 0.643. The van der Waals surface area contributed by atoms with Gasteiger partial charge in [0.05, 0.1) is 6.61 Å². The lowest BCUT2D eigenvalue weighted by Crippen LogP contribution is -2.27. The molecule has 0 heterocycles. The Kier molecular flexibility index (Phi) is 8.20. The van der Waals surface area contributed by atoms with Gasteiger partial charge in [-0.05, 0) is 24.3 Å². The van der Waals surface area contributed by atoms with Gasteiger partial charge in [0.1, 0.15) is 0 Å². The van der Waals surface area contributed by atoms with E-state index in [0.29, 0.717) is 5.92 Å². The fourth-order valence-electron chi connectivity index (χ4n) is 1.03. The summed E-state index contributed by atoms with van der Waals surface area (Å²) in [5.41, 5.74) is 0. The molecule has 0 aromatic rings. The second-order valence-corrected chi connectivity index (χ2v) is 4.89. The van der Waals surface area contributed by atoms with Gasteiger partial charge in [-0.2, -0.15) is 0 Å². The highest BCUT2D eigenvalue weighted by atomic mass is 16.5. The summed E-state index contributed by atoms with van der Waals surface area (Å²) < 4.78 is 5.47. The van der Waals surface area contributed by atoms with Gasteiger partial charge in [0.15, 0.2) is 0 Å². The van der Waals surface area contributed by atoms with Crippen LogP contribution < -0.4 is 5.32 Å². The van der Waals surface area contributed by atoms with E-state index in [0.717, 1.165) is 38.1 Å². The highest BCUT2D eigenvalue weighted by Crippen LogP contribution is 2.07. The Morgan fingerprint density at radius 1 is 1.07 bits per heavy atom. The molecule has 0 saturated heterocycles. The molecule has 0 saturated carbocycles. The Bertz CT molecular complexity index is 123. The van der Waals surface area contributed by atoms with Gasteiger partial charge in [0, 0.05) is 13.2 Å². The van der Waals surface area contributed by atoms with Gasteiger partial charge in [-0.25, -0.2) is 0 Å². The molecule has 1 N–H and O–H groups in total. The molecule has 0 aliphatic heterocycles. The molecule has 2 nitrogen and oxygen atoms in total. The van der Waals surface area contributed by atoms with Gasteiger partial charge >= 0.3 is 0 Å². The van der Waals surface area contributed by atoms with Crippen LogP contribution in [0, 0.1) is 17.8 Å². The van der Waals surface area contributed by atoms with Gasteiger partial charge in [-0.3, -0.25) is 0 Å². The van der Waals surface area contributed by atoms with Crippen LogP contribution in [-0.4, -0.2) is 26.3 Å². The maximum Gasteiger partial charge on any atom is 0.0591 e. The highest BCUT2D eigenvalue weighted by Gasteiger charge is 2.05. The van der Waals surface area contributed by atoms with Gasteiger partial charge in [-0.15, -0.1) is 0 Å². The Morgan fingerprint density at radius 2 is 1.71 bits per heavy atom. The summed E-state index contributed by atoms with van der Waals surface area (Å²) >= 11 is 0. The van der Waals surface area contributed by atoms with Crippen LogP contribution >= 0.6 is 0 Å². The normalized spacial score (nSPS) is 13.9. The Morgan fingerprint density at radius 3 is 2.21 bits per heavy atom. The first kappa shape index (κ1) is 13.9. The summed E-state index contributed by atoms with van der Waals surface area (Å²) in [4.78, 5) is 0. The molecule has 0 aromatic heterocycles. The minimum Gasteiger partial charge on any atom is -0.380 e. The second kappa shape index (κ2) is 8.25. The third kappa shape index (κ3) is 8.52. The van der Waals surface area contributed by atoms with Crippen LogP contribution in [0.4, 0.5) is 0 Å². The van der Waals surface area contributed by atoms with Crippen LogP contribution in [0.1, 0.15) is 34.6 Å². The first-order chi connectivity index (χ1) is 6.54. The molecule has 0 aliphatic carbocycles. The lowest BCUT2D eigenvalue weighted by molar-refractivity contribution is 0.111. The zero-order chi connectivity index (χ0) is 11.0. The number of nitrogens with one attached hydrogen (secondary N) is 1. The van der Waals surface area contributed by atoms with Gasteiger partial charge in [0.25, 0.3) is 0 Å². The SMILES string of the molecule is CC(C)COCCNCC(C)C(C)C. The Hall–Kier alpha value is -0.0800. The molecular weight excluding hydrogens is 174 g/mol. The quantitative estimate of drug-likeness (QED) is 0.609. The summed E-state index contributed by atoms with van der Waals surface area (Å²) in [6.45, 7) is 15.0. The van der Waals surface area contributed by atoms with E-state index in [4.69, 9.17) is 4.74 Å². The lowest BCUT2D eigenvalue weighted by atomic mass is 9.98. The van der Waals surface area contributed by atoms with Crippen molar-refractivity contribution in [1.82, 2.24) is 5.32 Å². The van der Waals surface area contributed by atoms with E-state index in [9.17, 15) is 0 Å². The molecule has 0 spiro atoms. The van der Waals surface area contributed by atoms with Crippen molar-refractivity contribution in [3.05, 3.63) is 0 Å². The third-order valence-corrected chi connectivity index (χ3v) is 2.48. The van der Waals surface area contributed by atoms with Crippen molar-refractivity contribution in [2.45, 2.75) is 34.6 Å². The molecule has 2 heteroatoms. The smallest absolute Gasteiger partial charge is 0.0591 e. The van der Waals surface area contributed by atoms with E-state index in [-0.39, 0.29) is 0 Å². The second-order valence-electron chi connectivity index (χ2n) is 4.89. The van der Waals surface area contributed by atoms with Crippen LogP contribution in [0.25, 0.3) is 0 Å². The summed E-state index contributed by atoms with van der Waals surface area (Å²) in [5.74, 6) is 2.16. The van der Waals surface area contributed by atoms with Crippen molar-refractivity contribution in [2.24, 2.45) is 17.8 Å². The molecule has 0 bridgehead atoms. The summed E-state index contributed by atoms with van der Waals surface area (Å²) in [7, 11) is 0. The van der Waals surface area contributed by atoms with Crippen LogP contribution in [0.2, 0.25) is 0 Å². The maximum atomic E-state index is 5.47. The zero-order valence-electron chi connectivity index (χ0n) is 10.5. The first-order valence-corrected chi connectivity index (χ1v) is 5.82. The van der Waals surface area contributed by atoms with Crippen LogP contribution in [0.5, 0.6) is 0 Å². The van der Waals surface area contributed by atoms with E-state index < -0.39 is 0 Å². The molecule has 14 heavy (non-hydrogen) atoms.